The summed E-state index contributed by atoms with van der Waals surface area (Å²) in [5.41, 5.74) is 1.62. The Morgan fingerprint density at radius 2 is 2.10 bits per heavy atom. The molecule has 0 bridgehead atoms. The lowest BCUT2D eigenvalue weighted by Gasteiger charge is -2.31. The van der Waals surface area contributed by atoms with Gasteiger partial charge in [0.15, 0.2) is 5.78 Å². The number of carbonyl (C=O) groups excluding carboxylic acids is 2. The zero-order valence-corrected chi connectivity index (χ0v) is 11.7. The van der Waals surface area contributed by atoms with Crippen molar-refractivity contribution in [1.29, 1.82) is 0 Å². The van der Waals surface area contributed by atoms with E-state index in [0.717, 1.165) is 37.1 Å². The van der Waals surface area contributed by atoms with Crippen molar-refractivity contribution in [3.63, 3.8) is 0 Å². The predicted octanol–water partition coefficient (Wildman–Crippen LogP) is 2.42. The van der Waals surface area contributed by atoms with E-state index in [1.165, 1.54) is 7.11 Å². The second-order valence-electron chi connectivity index (χ2n) is 5.54. The summed E-state index contributed by atoms with van der Waals surface area (Å²) in [7, 11) is 1.44. The Morgan fingerprint density at radius 1 is 1.35 bits per heavy atom. The number of hydrogen-bond donors (Lipinski definition) is 0. The van der Waals surface area contributed by atoms with Crippen LogP contribution >= 0.6 is 0 Å². The van der Waals surface area contributed by atoms with Crippen molar-refractivity contribution in [2.24, 2.45) is 5.92 Å². The molecule has 1 aromatic rings. The van der Waals surface area contributed by atoms with E-state index in [2.05, 4.69) is 4.90 Å². The number of ether oxygens (including phenoxy) is 1. The summed E-state index contributed by atoms with van der Waals surface area (Å²) in [5.74, 6) is 0.350. The monoisotopic (exact) mass is 273 g/mol. The van der Waals surface area contributed by atoms with Crippen LogP contribution in [0.25, 0.3) is 0 Å². The minimum Gasteiger partial charge on any atom is -0.467 e. The molecule has 1 atom stereocenters. The first-order valence-corrected chi connectivity index (χ1v) is 7.19. The van der Waals surface area contributed by atoms with Crippen LogP contribution in [0.3, 0.4) is 0 Å². The molecule has 4 nitrogen and oxygen atoms in total. The van der Waals surface area contributed by atoms with E-state index >= 15 is 0 Å². The minimum absolute atomic E-state index is 0.169. The Bertz CT molecular complexity index is 536. The van der Waals surface area contributed by atoms with Crippen LogP contribution in [0.15, 0.2) is 24.3 Å². The van der Waals surface area contributed by atoms with E-state index in [-0.39, 0.29) is 17.8 Å². The van der Waals surface area contributed by atoms with E-state index in [9.17, 15) is 9.59 Å². The highest BCUT2D eigenvalue weighted by Gasteiger charge is 2.42. The molecule has 1 aliphatic heterocycles. The van der Waals surface area contributed by atoms with Crippen LogP contribution in [0, 0.1) is 5.92 Å². The molecule has 0 amide bonds. The van der Waals surface area contributed by atoms with Gasteiger partial charge in [-0.25, -0.2) is 4.79 Å². The van der Waals surface area contributed by atoms with Crippen LogP contribution in [-0.4, -0.2) is 31.4 Å². The number of hydrogen-bond acceptors (Lipinski definition) is 4. The van der Waals surface area contributed by atoms with Gasteiger partial charge in [-0.2, -0.15) is 0 Å². The van der Waals surface area contributed by atoms with E-state index < -0.39 is 0 Å². The van der Waals surface area contributed by atoms with Crippen molar-refractivity contribution in [1.82, 2.24) is 0 Å². The lowest BCUT2D eigenvalue weighted by molar-refractivity contribution is -0.142. The summed E-state index contributed by atoms with van der Waals surface area (Å²) < 4.78 is 4.98. The molecule has 2 aliphatic rings. The van der Waals surface area contributed by atoms with Gasteiger partial charge in [-0.15, -0.1) is 0 Å². The number of benzene rings is 1. The van der Waals surface area contributed by atoms with Gasteiger partial charge in [-0.3, -0.25) is 4.79 Å². The summed E-state index contributed by atoms with van der Waals surface area (Å²) in [6.45, 7) is 0.735. The quantitative estimate of drug-likeness (QED) is 0.793. The van der Waals surface area contributed by atoms with Gasteiger partial charge >= 0.3 is 5.97 Å². The summed E-state index contributed by atoms with van der Waals surface area (Å²) in [5, 5.41) is 0. The number of methoxy groups -OCH3 is 1. The van der Waals surface area contributed by atoms with Gasteiger partial charge in [-0.05, 0) is 37.3 Å². The fraction of sp³-hybridized carbons (Fsp3) is 0.500. The van der Waals surface area contributed by atoms with Crippen LogP contribution in [0.2, 0.25) is 0 Å². The Balaban J connectivity index is 2.01. The number of carbonyl (C=O) groups is 2. The second kappa shape index (κ2) is 5.27. The molecule has 1 unspecified atom stereocenters. The summed E-state index contributed by atoms with van der Waals surface area (Å²) in [4.78, 5) is 26.4. The van der Waals surface area contributed by atoms with Gasteiger partial charge in [-0.1, -0.05) is 12.1 Å². The lowest BCUT2D eigenvalue weighted by Crippen LogP contribution is -2.44. The molecule has 106 valence electrons. The molecule has 0 aromatic heterocycles. The molecule has 3 rings (SSSR count). The Kier molecular flexibility index (Phi) is 3.47. The normalized spacial score (nSPS) is 20.1. The van der Waals surface area contributed by atoms with Gasteiger partial charge < -0.3 is 9.64 Å². The van der Waals surface area contributed by atoms with Gasteiger partial charge in [0.1, 0.15) is 6.04 Å². The topological polar surface area (TPSA) is 46.6 Å². The van der Waals surface area contributed by atoms with Crippen molar-refractivity contribution in [3.8, 4) is 0 Å². The van der Waals surface area contributed by atoms with Gasteiger partial charge in [0.2, 0.25) is 0 Å². The first kappa shape index (κ1) is 13.2. The van der Waals surface area contributed by atoms with E-state index in [0.29, 0.717) is 12.3 Å². The molecular formula is C16H19NO3. The number of para-hydroxylation sites is 1. The standard InChI is InChI=1S/C16H19NO3/c1-20-16(19)15(11-8-9-11)17-10-4-7-14(18)12-5-2-3-6-13(12)17/h2-3,5-6,11,15H,4,7-10H2,1H3. The average molecular weight is 273 g/mol. The highest BCUT2D eigenvalue weighted by atomic mass is 16.5. The molecule has 0 spiro atoms. The van der Waals surface area contributed by atoms with Crippen LogP contribution in [0.1, 0.15) is 36.0 Å². The molecule has 0 radical (unpaired) electrons. The number of rotatable bonds is 3. The van der Waals surface area contributed by atoms with Crippen molar-refractivity contribution in [3.05, 3.63) is 29.8 Å². The largest absolute Gasteiger partial charge is 0.467 e. The number of ketones is 1. The zero-order chi connectivity index (χ0) is 14.1. The zero-order valence-electron chi connectivity index (χ0n) is 11.7. The molecule has 20 heavy (non-hydrogen) atoms. The molecule has 0 N–H and O–H groups in total. The van der Waals surface area contributed by atoms with Crippen molar-refractivity contribution in [2.45, 2.75) is 31.7 Å². The summed E-state index contributed by atoms with van der Waals surface area (Å²) in [6.07, 6.45) is 3.46. The number of nitrogens with zero attached hydrogens (tertiary/aromatic N) is 1. The predicted molar refractivity (Wildman–Crippen MR) is 75.9 cm³/mol. The first-order valence-electron chi connectivity index (χ1n) is 7.19. The summed E-state index contributed by atoms with van der Waals surface area (Å²) >= 11 is 0. The lowest BCUT2D eigenvalue weighted by atomic mass is 10.0. The van der Waals surface area contributed by atoms with Crippen LogP contribution in [-0.2, 0) is 9.53 Å². The second-order valence-corrected chi connectivity index (χ2v) is 5.54. The SMILES string of the molecule is COC(=O)C(C1CC1)N1CCCC(=O)c2ccccc21. The smallest absolute Gasteiger partial charge is 0.328 e. The van der Waals surface area contributed by atoms with Gasteiger partial charge in [0.25, 0.3) is 0 Å². The van der Waals surface area contributed by atoms with E-state index in [1.54, 1.807) is 0 Å². The van der Waals surface area contributed by atoms with Crippen LogP contribution in [0.4, 0.5) is 5.69 Å². The first-order chi connectivity index (χ1) is 9.72. The maximum absolute atomic E-state index is 12.2. The third kappa shape index (κ3) is 2.30. The summed E-state index contributed by atoms with van der Waals surface area (Å²) in [6, 6.07) is 7.36. The number of fused-ring (bicyclic) bond motifs is 1. The van der Waals surface area contributed by atoms with Crippen molar-refractivity contribution < 1.29 is 14.3 Å². The molecule has 1 aliphatic carbocycles. The molecule has 1 saturated carbocycles. The minimum atomic E-state index is -0.243. The molecule has 0 saturated heterocycles. The Morgan fingerprint density at radius 3 is 2.80 bits per heavy atom. The van der Waals surface area contributed by atoms with Gasteiger partial charge in [0.05, 0.1) is 7.11 Å². The van der Waals surface area contributed by atoms with Crippen molar-refractivity contribution >= 4 is 17.4 Å². The molecule has 4 heteroatoms. The average Bonchev–Trinajstić information content (AvgIpc) is 3.30. The third-order valence-corrected chi connectivity index (χ3v) is 4.16. The number of Topliss-reactive ketones (excluding diaryl/α,β-unsaturated/α-hetero) is 1. The third-order valence-electron chi connectivity index (χ3n) is 4.16. The fourth-order valence-electron chi connectivity index (χ4n) is 3.02. The number of esters is 1. The highest BCUT2D eigenvalue weighted by Crippen LogP contribution is 2.39. The van der Waals surface area contributed by atoms with E-state index in [1.807, 2.05) is 24.3 Å². The van der Waals surface area contributed by atoms with Crippen molar-refractivity contribution in [2.75, 3.05) is 18.6 Å². The van der Waals surface area contributed by atoms with Crippen LogP contribution < -0.4 is 4.90 Å². The number of anilines is 1. The van der Waals surface area contributed by atoms with Gasteiger partial charge in [0, 0.05) is 24.2 Å². The highest BCUT2D eigenvalue weighted by molar-refractivity contribution is 6.02. The molecule has 1 heterocycles. The maximum Gasteiger partial charge on any atom is 0.328 e. The van der Waals surface area contributed by atoms with E-state index in [4.69, 9.17) is 4.74 Å². The fourth-order valence-corrected chi connectivity index (χ4v) is 3.02. The Hall–Kier alpha value is -1.84. The molecule has 1 fully saturated rings. The van der Waals surface area contributed by atoms with Crippen LogP contribution in [0.5, 0.6) is 0 Å². The maximum atomic E-state index is 12.2. The molecule has 1 aromatic carbocycles. The molecular weight excluding hydrogens is 254 g/mol. The Labute approximate surface area is 118 Å².